The summed E-state index contributed by atoms with van der Waals surface area (Å²) in [5, 5.41) is 0. The van der Waals surface area contributed by atoms with E-state index in [2.05, 4.69) is 4.18 Å². The zero-order valence-electron chi connectivity index (χ0n) is 8.28. The van der Waals surface area contributed by atoms with Crippen LogP contribution in [0.25, 0.3) is 0 Å². The molecular weight excluding hydrogens is 193 g/mol. The average Bonchev–Trinajstić information content (AvgIpc) is 1.81. The van der Waals surface area contributed by atoms with Crippen LogP contribution in [0, 0.1) is 0 Å². The molecule has 0 rings (SSSR count). The van der Waals surface area contributed by atoms with Crippen molar-refractivity contribution in [1.82, 2.24) is 4.72 Å². The van der Waals surface area contributed by atoms with E-state index in [0.29, 0.717) is 0 Å². The van der Waals surface area contributed by atoms with E-state index in [1.54, 1.807) is 0 Å². The first-order chi connectivity index (χ1) is 4.98. The third-order valence-electron chi connectivity index (χ3n) is 0.687. The van der Waals surface area contributed by atoms with Crippen molar-refractivity contribution in [3.05, 3.63) is 0 Å². The van der Waals surface area contributed by atoms with Gasteiger partial charge in [0.15, 0.2) is 0 Å². The van der Waals surface area contributed by atoms with Gasteiger partial charge in [-0.15, -0.1) is 0 Å². The molecule has 0 aromatic rings. The van der Waals surface area contributed by atoms with Gasteiger partial charge in [-0.3, -0.25) is 4.18 Å². The SMILES string of the molecule is CC(N)NS(=O)(=O)OCCN.[H-].[Na+]. The van der Waals surface area contributed by atoms with Crippen LogP contribution in [0.5, 0.6) is 0 Å². The molecule has 0 amide bonds. The topological polar surface area (TPSA) is 107 Å². The molecule has 0 fully saturated rings. The number of nitrogens with two attached hydrogens (primary N) is 2. The Labute approximate surface area is 96.0 Å². The summed E-state index contributed by atoms with van der Waals surface area (Å²) < 4.78 is 27.8. The maximum absolute atomic E-state index is 10.7. The molecule has 0 radical (unpaired) electrons. The maximum Gasteiger partial charge on any atom is 1.00 e. The minimum Gasteiger partial charge on any atom is -1.00 e. The molecule has 6 nitrogen and oxygen atoms in total. The smallest absolute Gasteiger partial charge is 1.00 e. The van der Waals surface area contributed by atoms with Crippen LogP contribution in [0.3, 0.4) is 0 Å². The Kier molecular flexibility index (Phi) is 9.19. The Morgan fingerprint density at radius 3 is 2.50 bits per heavy atom. The molecule has 0 aliphatic carbocycles. The fourth-order valence-electron chi connectivity index (χ4n) is 0.420. The summed E-state index contributed by atoms with van der Waals surface area (Å²) in [6.45, 7) is 1.60. The molecule has 0 aliphatic rings. The minimum absolute atomic E-state index is 0. The summed E-state index contributed by atoms with van der Waals surface area (Å²) in [4.78, 5) is 0. The molecule has 0 heterocycles. The van der Waals surface area contributed by atoms with E-state index in [1.165, 1.54) is 6.92 Å². The van der Waals surface area contributed by atoms with E-state index in [-0.39, 0.29) is 44.1 Å². The van der Waals surface area contributed by atoms with E-state index in [1.807, 2.05) is 4.72 Å². The summed E-state index contributed by atoms with van der Waals surface area (Å²) in [7, 11) is -3.70. The summed E-state index contributed by atoms with van der Waals surface area (Å²) >= 11 is 0. The Morgan fingerprint density at radius 1 is 1.67 bits per heavy atom. The fraction of sp³-hybridized carbons (Fsp3) is 1.00. The Hall–Kier alpha value is 0.790. The standard InChI is InChI=1S/C4H13N3O3S.Na.H/c1-4(6)7-11(8,9)10-3-2-5;;/h4,7H,2-3,5-6H2,1H3;;/q;+1;-1. The molecule has 0 saturated carbocycles. The van der Waals surface area contributed by atoms with E-state index in [4.69, 9.17) is 11.5 Å². The first kappa shape index (κ1) is 15.3. The van der Waals surface area contributed by atoms with Gasteiger partial charge < -0.3 is 12.9 Å². The van der Waals surface area contributed by atoms with Crippen molar-refractivity contribution < 1.29 is 43.6 Å². The predicted octanol–water partition coefficient (Wildman–Crippen LogP) is -4.78. The molecule has 0 spiro atoms. The fourth-order valence-corrected chi connectivity index (χ4v) is 1.26. The van der Waals surface area contributed by atoms with Gasteiger partial charge in [0.2, 0.25) is 0 Å². The molecule has 70 valence electrons. The van der Waals surface area contributed by atoms with Crippen molar-refractivity contribution in [2.24, 2.45) is 11.5 Å². The second-order valence-electron chi connectivity index (χ2n) is 1.97. The van der Waals surface area contributed by atoms with Crippen LogP contribution in [-0.2, 0) is 14.5 Å². The van der Waals surface area contributed by atoms with Gasteiger partial charge in [-0.25, -0.2) is 0 Å². The normalized spacial score (nSPS) is 13.6. The first-order valence-electron chi connectivity index (χ1n) is 3.10. The molecular formula is C4H14N3NaO3S. The van der Waals surface area contributed by atoms with Crippen molar-refractivity contribution >= 4 is 10.3 Å². The van der Waals surface area contributed by atoms with Gasteiger partial charge in [0.05, 0.1) is 12.8 Å². The van der Waals surface area contributed by atoms with Gasteiger partial charge in [-0.2, -0.15) is 13.1 Å². The van der Waals surface area contributed by atoms with Crippen molar-refractivity contribution in [2.45, 2.75) is 13.1 Å². The van der Waals surface area contributed by atoms with Crippen LogP contribution in [0.1, 0.15) is 8.35 Å². The molecule has 12 heavy (non-hydrogen) atoms. The largest absolute Gasteiger partial charge is 1.00 e. The van der Waals surface area contributed by atoms with Crippen molar-refractivity contribution in [3.63, 3.8) is 0 Å². The number of nitrogens with one attached hydrogen (secondary N) is 1. The Bertz CT molecular complexity index is 199. The van der Waals surface area contributed by atoms with Crippen LogP contribution < -0.4 is 45.7 Å². The molecule has 8 heteroatoms. The van der Waals surface area contributed by atoms with E-state index < -0.39 is 16.5 Å². The Balaban J connectivity index is -0.000000500. The van der Waals surface area contributed by atoms with Crippen LogP contribution in [0.15, 0.2) is 0 Å². The molecule has 1 atom stereocenters. The third kappa shape index (κ3) is 8.88. The second-order valence-corrected chi connectivity index (χ2v) is 3.35. The van der Waals surface area contributed by atoms with Crippen LogP contribution in [0.4, 0.5) is 0 Å². The Morgan fingerprint density at radius 2 is 2.17 bits per heavy atom. The zero-order valence-corrected chi connectivity index (χ0v) is 10.1. The van der Waals surface area contributed by atoms with Gasteiger partial charge in [0.1, 0.15) is 0 Å². The molecule has 1 unspecified atom stereocenters. The number of hydrogen-bond donors (Lipinski definition) is 3. The van der Waals surface area contributed by atoms with Gasteiger partial charge in [0.25, 0.3) is 0 Å². The molecule has 0 aromatic heterocycles. The quantitative estimate of drug-likeness (QED) is 0.310. The molecule has 0 aliphatic heterocycles. The van der Waals surface area contributed by atoms with Crippen LogP contribution >= 0.6 is 0 Å². The summed E-state index contributed by atoms with van der Waals surface area (Å²) in [5.74, 6) is 0. The van der Waals surface area contributed by atoms with E-state index >= 15 is 0 Å². The van der Waals surface area contributed by atoms with Gasteiger partial charge in [0, 0.05) is 6.54 Å². The summed E-state index contributed by atoms with van der Waals surface area (Å²) in [5.41, 5.74) is 10.2. The molecule has 0 bridgehead atoms. The molecule has 5 N–H and O–H groups in total. The number of hydrogen-bond acceptors (Lipinski definition) is 5. The van der Waals surface area contributed by atoms with Gasteiger partial charge in [-0.05, 0) is 6.92 Å². The summed E-state index contributed by atoms with van der Waals surface area (Å²) in [6.07, 6.45) is -0.655. The minimum atomic E-state index is -3.70. The zero-order chi connectivity index (χ0) is 8.91. The molecule has 0 aromatic carbocycles. The maximum atomic E-state index is 10.7. The third-order valence-corrected chi connectivity index (χ3v) is 1.82. The van der Waals surface area contributed by atoms with Crippen molar-refractivity contribution in [1.29, 1.82) is 0 Å². The summed E-state index contributed by atoms with van der Waals surface area (Å²) in [6, 6.07) is 0. The second kappa shape index (κ2) is 7.22. The monoisotopic (exact) mass is 207 g/mol. The molecule has 0 saturated heterocycles. The van der Waals surface area contributed by atoms with Crippen LogP contribution in [0.2, 0.25) is 0 Å². The van der Waals surface area contributed by atoms with Gasteiger partial charge >= 0.3 is 39.9 Å². The first-order valence-corrected chi connectivity index (χ1v) is 4.51. The van der Waals surface area contributed by atoms with Crippen molar-refractivity contribution in [2.75, 3.05) is 13.2 Å². The van der Waals surface area contributed by atoms with E-state index in [9.17, 15) is 8.42 Å². The number of rotatable bonds is 5. The van der Waals surface area contributed by atoms with E-state index in [0.717, 1.165) is 0 Å². The van der Waals surface area contributed by atoms with Crippen molar-refractivity contribution in [3.8, 4) is 0 Å². The predicted molar refractivity (Wildman–Crippen MR) is 41.8 cm³/mol. The van der Waals surface area contributed by atoms with Gasteiger partial charge in [-0.1, -0.05) is 0 Å². The average molecular weight is 207 g/mol. The van der Waals surface area contributed by atoms with Crippen LogP contribution in [-0.4, -0.2) is 27.7 Å².